The van der Waals surface area contributed by atoms with Crippen molar-refractivity contribution in [2.45, 2.75) is 18.7 Å². The van der Waals surface area contributed by atoms with Crippen molar-refractivity contribution in [3.05, 3.63) is 89.7 Å². The van der Waals surface area contributed by atoms with Crippen LogP contribution in [0.25, 0.3) is 0 Å². The lowest BCUT2D eigenvalue weighted by molar-refractivity contribution is -0.114. The van der Waals surface area contributed by atoms with Gasteiger partial charge in [0.25, 0.3) is 10.0 Å². The number of rotatable bonds is 6. The quantitative estimate of drug-likeness (QED) is 0.657. The summed E-state index contributed by atoms with van der Waals surface area (Å²) in [6.45, 7) is 3.17. The minimum atomic E-state index is -4.01. The van der Waals surface area contributed by atoms with E-state index >= 15 is 0 Å². The molecule has 5 nitrogen and oxygen atoms in total. The molecule has 3 aromatic rings. The van der Waals surface area contributed by atoms with Crippen LogP contribution in [0.5, 0.6) is 0 Å². The molecule has 29 heavy (non-hydrogen) atoms. The summed E-state index contributed by atoms with van der Waals surface area (Å²) >= 11 is 0. The van der Waals surface area contributed by atoms with Crippen LogP contribution < -0.4 is 9.62 Å². The third kappa shape index (κ3) is 4.46. The highest BCUT2D eigenvalue weighted by molar-refractivity contribution is 7.92. The first-order chi connectivity index (χ1) is 13.8. The molecule has 0 unspecified atom stereocenters. The molecule has 150 valence electrons. The van der Waals surface area contributed by atoms with E-state index in [0.717, 1.165) is 15.4 Å². The van der Waals surface area contributed by atoms with Crippen molar-refractivity contribution in [1.29, 1.82) is 0 Å². The number of hydrogen-bond acceptors (Lipinski definition) is 3. The lowest BCUT2D eigenvalue weighted by Gasteiger charge is -2.26. The Morgan fingerprint density at radius 1 is 0.931 bits per heavy atom. The Kier molecular flexibility index (Phi) is 5.98. The molecule has 7 heteroatoms. The van der Waals surface area contributed by atoms with Crippen LogP contribution in [-0.4, -0.2) is 20.9 Å². The van der Waals surface area contributed by atoms with E-state index in [9.17, 15) is 17.6 Å². The summed E-state index contributed by atoms with van der Waals surface area (Å²) in [7, 11) is -4.01. The third-order valence-corrected chi connectivity index (χ3v) is 6.39. The summed E-state index contributed by atoms with van der Waals surface area (Å²) < 4.78 is 41.6. The van der Waals surface area contributed by atoms with E-state index in [0.29, 0.717) is 5.69 Å². The summed E-state index contributed by atoms with van der Waals surface area (Å²) in [5.41, 5.74) is 2.03. The Balaban J connectivity index is 2.01. The molecule has 0 aromatic heterocycles. The van der Waals surface area contributed by atoms with Crippen LogP contribution in [0.1, 0.15) is 11.1 Å². The minimum absolute atomic E-state index is 0.00415. The van der Waals surface area contributed by atoms with Gasteiger partial charge in [0.05, 0.1) is 16.3 Å². The summed E-state index contributed by atoms with van der Waals surface area (Å²) in [5.74, 6) is -1.24. The van der Waals surface area contributed by atoms with Crippen molar-refractivity contribution in [3.8, 4) is 0 Å². The molecule has 0 radical (unpaired) electrons. The van der Waals surface area contributed by atoms with Crippen LogP contribution in [-0.2, 0) is 14.8 Å². The fraction of sp³-hybridized carbons (Fsp3) is 0.136. The van der Waals surface area contributed by atoms with Crippen molar-refractivity contribution in [2.75, 3.05) is 16.2 Å². The number of aryl methyl sites for hydroxylation is 1. The van der Waals surface area contributed by atoms with E-state index in [-0.39, 0.29) is 10.6 Å². The summed E-state index contributed by atoms with van der Waals surface area (Å²) in [6, 6.07) is 18.9. The minimum Gasteiger partial charge on any atom is -0.322 e. The molecule has 0 saturated heterocycles. The van der Waals surface area contributed by atoms with Gasteiger partial charge in [-0.25, -0.2) is 12.8 Å². The van der Waals surface area contributed by atoms with Crippen molar-refractivity contribution in [1.82, 2.24) is 0 Å². The van der Waals surface area contributed by atoms with E-state index < -0.39 is 28.3 Å². The third-order valence-electron chi connectivity index (χ3n) is 4.61. The predicted molar refractivity (Wildman–Crippen MR) is 112 cm³/mol. The number of amides is 1. The molecule has 1 amide bonds. The van der Waals surface area contributed by atoms with E-state index in [1.807, 2.05) is 13.0 Å². The number of sulfonamides is 1. The van der Waals surface area contributed by atoms with Crippen LogP contribution in [0.2, 0.25) is 0 Å². The Morgan fingerprint density at radius 2 is 1.59 bits per heavy atom. The second-order valence-corrected chi connectivity index (χ2v) is 8.43. The van der Waals surface area contributed by atoms with Gasteiger partial charge in [0.15, 0.2) is 0 Å². The van der Waals surface area contributed by atoms with Gasteiger partial charge in [-0.1, -0.05) is 42.5 Å². The standard InChI is InChI=1S/C22H21FN2O3S/c1-16-9-8-14-21(17(16)2)25(29(27,28)18-10-4-3-5-11-18)15-22(26)24-20-13-7-6-12-19(20)23/h3-14H,15H2,1-2H3,(H,24,26). The first kappa shape index (κ1) is 20.5. The van der Waals surface area contributed by atoms with Gasteiger partial charge in [-0.15, -0.1) is 0 Å². The first-order valence-corrected chi connectivity index (χ1v) is 10.4. The van der Waals surface area contributed by atoms with E-state index in [1.165, 1.54) is 30.3 Å². The van der Waals surface area contributed by atoms with Crippen molar-refractivity contribution >= 4 is 27.3 Å². The Hall–Kier alpha value is -3.19. The van der Waals surface area contributed by atoms with Crippen LogP contribution >= 0.6 is 0 Å². The number of anilines is 2. The normalized spacial score (nSPS) is 11.1. The molecule has 3 rings (SSSR count). The Morgan fingerprint density at radius 3 is 2.28 bits per heavy atom. The molecule has 0 aliphatic rings. The number of benzene rings is 3. The Labute approximate surface area is 169 Å². The second-order valence-electron chi connectivity index (χ2n) is 6.57. The maximum absolute atomic E-state index is 13.9. The highest BCUT2D eigenvalue weighted by Gasteiger charge is 2.28. The summed E-state index contributed by atoms with van der Waals surface area (Å²) in [5, 5.41) is 2.45. The van der Waals surface area contributed by atoms with Gasteiger partial charge in [-0.05, 0) is 55.3 Å². The topological polar surface area (TPSA) is 66.5 Å². The molecule has 3 aromatic carbocycles. The molecule has 0 aliphatic carbocycles. The molecule has 0 atom stereocenters. The van der Waals surface area contributed by atoms with Gasteiger partial charge in [0.1, 0.15) is 12.4 Å². The Bertz CT molecular complexity index is 1130. The maximum Gasteiger partial charge on any atom is 0.264 e. The smallest absolute Gasteiger partial charge is 0.264 e. The highest BCUT2D eigenvalue weighted by Crippen LogP contribution is 2.28. The number of halogens is 1. The fourth-order valence-electron chi connectivity index (χ4n) is 2.91. The zero-order valence-electron chi connectivity index (χ0n) is 16.1. The van der Waals surface area contributed by atoms with E-state index in [4.69, 9.17) is 0 Å². The SMILES string of the molecule is Cc1cccc(N(CC(=O)Nc2ccccc2F)S(=O)(=O)c2ccccc2)c1C. The largest absolute Gasteiger partial charge is 0.322 e. The molecule has 0 bridgehead atoms. The zero-order chi connectivity index (χ0) is 21.0. The average Bonchev–Trinajstić information content (AvgIpc) is 2.71. The lowest BCUT2D eigenvalue weighted by atomic mass is 10.1. The number of para-hydroxylation sites is 1. The van der Waals surface area contributed by atoms with Gasteiger partial charge in [-0.2, -0.15) is 0 Å². The lowest BCUT2D eigenvalue weighted by Crippen LogP contribution is -2.38. The number of carbonyl (C=O) groups excluding carboxylic acids is 1. The van der Waals surface area contributed by atoms with Gasteiger partial charge in [0.2, 0.25) is 5.91 Å². The van der Waals surface area contributed by atoms with Crippen molar-refractivity contribution in [3.63, 3.8) is 0 Å². The van der Waals surface area contributed by atoms with Crippen molar-refractivity contribution in [2.24, 2.45) is 0 Å². The van der Waals surface area contributed by atoms with Crippen LogP contribution in [0.4, 0.5) is 15.8 Å². The van der Waals surface area contributed by atoms with E-state index in [2.05, 4.69) is 5.32 Å². The van der Waals surface area contributed by atoms with Crippen LogP contribution in [0.3, 0.4) is 0 Å². The summed E-state index contributed by atoms with van der Waals surface area (Å²) in [4.78, 5) is 12.7. The van der Waals surface area contributed by atoms with E-state index in [1.54, 1.807) is 43.3 Å². The molecule has 0 aliphatic heterocycles. The molecular weight excluding hydrogens is 391 g/mol. The van der Waals surface area contributed by atoms with Gasteiger partial charge >= 0.3 is 0 Å². The van der Waals surface area contributed by atoms with Crippen LogP contribution in [0, 0.1) is 19.7 Å². The molecular formula is C22H21FN2O3S. The molecule has 0 spiro atoms. The van der Waals surface area contributed by atoms with Crippen LogP contribution in [0.15, 0.2) is 77.7 Å². The number of hydrogen-bond donors (Lipinski definition) is 1. The fourth-order valence-corrected chi connectivity index (χ4v) is 4.41. The van der Waals surface area contributed by atoms with Crippen molar-refractivity contribution < 1.29 is 17.6 Å². The summed E-state index contributed by atoms with van der Waals surface area (Å²) in [6.07, 6.45) is 0. The number of carbonyl (C=O) groups is 1. The molecule has 0 heterocycles. The van der Waals surface area contributed by atoms with Gasteiger partial charge < -0.3 is 5.32 Å². The highest BCUT2D eigenvalue weighted by atomic mass is 32.2. The predicted octanol–water partition coefficient (Wildman–Crippen LogP) is 4.28. The molecule has 1 N–H and O–H groups in total. The monoisotopic (exact) mass is 412 g/mol. The average molecular weight is 412 g/mol. The number of nitrogens with zero attached hydrogens (tertiary/aromatic N) is 1. The zero-order valence-corrected chi connectivity index (χ0v) is 16.9. The number of nitrogens with one attached hydrogen (secondary N) is 1. The molecule has 0 saturated carbocycles. The first-order valence-electron chi connectivity index (χ1n) is 8.99. The maximum atomic E-state index is 13.9. The van der Waals surface area contributed by atoms with Gasteiger partial charge in [0, 0.05) is 0 Å². The molecule has 0 fully saturated rings. The van der Waals surface area contributed by atoms with Gasteiger partial charge in [-0.3, -0.25) is 9.10 Å². The second kappa shape index (κ2) is 8.45.